The first-order chi connectivity index (χ1) is 5.81. The molecule has 0 unspecified atom stereocenters. The third kappa shape index (κ3) is 1.01. The fourth-order valence-electron chi connectivity index (χ4n) is 1.74. The molecule has 0 saturated carbocycles. The predicted molar refractivity (Wildman–Crippen MR) is 49.6 cm³/mol. The fraction of sp³-hybridized carbons (Fsp3) is 0.273. The lowest BCUT2D eigenvalue weighted by Crippen LogP contribution is -2.04. The van der Waals surface area contributed by atoms with Crippen LogP contribution in [0.4, 0.5) is 0 Å². The third-order valence-corrected chi connectivity index (χ3v) is 2.43. The summed E-state index contributed by atoms with van der Waals surface area (Å²) in [5.74, 6) is 2.63. The van der Waals surface area contributed by atoms with E-state index in [1.54, 1.807) is 0 Å². The van der Waals surface area contributed by atoms with Crippen LogP contribution < -0.4 is 5.73 Å². The molecule has 2 N–H and O–H groups in total. The summed E-state index contributed by atoms with van der Waals surface area (Å²) < 4.78 is 0. The highest BCUT2D eigenvalue weighted by atomic mass is 14.6. The van der Waals surface area contributed by atoms with Crippen LogP contribution in [0.5, 0.6) is 0 Å². The number of benzene rings is 1. The van der Waals surface area contributed by atoms with Gasteiger partial charge in [0.05, 0.1) is 0 Å². The molecule has 2 rings (SSSR count). The Morgan fingerprint density at radius 2 is 2.33 bits per heavy atom. The van der Waals surface area contributed by atoms with Crippen LogP contribution in [0.25, 0.3) is 0 Å². The maximum absolute atomic E-state index is 5.89. The molecule has 1 heteroatoms. The molecule has 12 heavy (non-hydrogen) atoms. The fourth-order valence-corrected chi connectivity index (χ4v) is 1.74. The van der Waals surface area contributed by atoms with Crippen LogP contribution in [0.2, 0.25) is 0 Å². The summed E-state index contributed by atoms with van der Waals surface area (Å²) in [6, 6.07) is 6.32. The van der Waals surface area contributed by atoms with Gasteiger partial charge in [-0.3, -0.25) is 0 Å². The van der Waals surface area contributed by atoms with Crippen LogP contribution in [-0.2, 0) is 6.42 Å². The maximum atomic E-state index is 5.89. The predicted octanol–water partition coefficient (Wildman–Crippen LogP) is 1.61. The average Bonchev–Trinajstić information content (AvgIpc) is 2.47. The van der Waals surface area contributed by atoms with E-state index in [9.17, 15) is 0 Å². The van der Waals surface area contributed by atoms with E-state index in [1.165, 1.54) is 11.1 Å². The average molecular weight is 157 g/mol. The van der Waals surface area contributed by atoms with Gasteiger partial charge in [0.2, 0.25) is 0 Å². The number of terminal acetylenes is 1. The van der Waals surface area contributed by atoms with Crippen molar-refractivity contribution in [3.05, 3.63) is 34.9 Å². The normalized spacial score (nSPS) is 20.2. The number of fused-ring (bicyclic) bond motifs is 1. The van der Waals surface area contributed by atoms with E-state index in [0.29, 0.717) is 0 Å². The molecule has 1 nitrogen and oxygen atoms in total. The Bertz CT molecular complexity index is 347. The highest BCUT2D eigenvalue weighted by molar-refractivity contribution is 5.43. The summed E-state index contributed by atoms with van der Waals surface area (Å²) in [4.78, 5) is 0. The Kier molecular flexibility index (Phi) is 1.64. The van der Waals surface area contributed by atoms with E-state index < -0.39 is 0 Å². The molecule has 0 heterocycles. The van der Waals surface area contributed by atoms with Gasteiger partial charge in [-0.15, -0.1) is 6.42 Å². The Balaban J connectivity index is 2.50. The van der Waals surface area contributed by atoms with Gasteiger partial charge < -0.3 is 5.73 Å². The van der Waals surface area contributed by atoms with Crippen LogP contribution >= 0.6 is 0 Å². The second-order valence-electron chi connectivity index (χ2n) is 3.20. The van der Waals surface area contributed by atoms with Gasteiger partial charge in [0, 0.05) is 11.6 Å². The van der Waals surface area contributed by atoms with Crippen LogP contribution in [0.3, 0.4) is 0 Å². The van der Waals surface area contributed by atoms with Gasteiger partial charge in [-0.2, -0.15) is 0 Å². The molecule has 0 aliphatic heterocycles. The summed E-state index contributed by atoms with van der Waals surface area (Å²) in [6.07, 6.45) is 7.43. The van der Waals surface area contributed by atoms with Gasteiger partial charge in [-0.05, 0) is 36.1 Å². The Hall–Kier alpha value is -1.26. The summed E-state index contributed by atoms with van der Waals surface area (Å²) in [7, 11) is 0. The second-order valence-corrected chi connectivity index (χ2v) is 3.20. The first-order valence-corrected chi connectivity index (χ1v) is 4.16. The van der Waals surface area contributed by atoms with E-state index in [4.69, 9.17) is 12.2 Å². The topological polar surface area (TPSA) is 26.0 Å². The standard InChI is InChI=1S/C11H11N/c1-2-8-3-5-10-9(7-8)4-6-11(10)12/h1,3,5,7,11H,4,6,12H2/t11-/m1/s1. The Morgan fingerprint density at radius 3 is 3.08 bits per heavy atom. The minimum absolute atomic E-state index is 0.229. The van der Waals surface area contributed by atoms with E-state index in [0.717, 1.165) is 18.4 Å². The van der Waals surface area contributed by atoms with Crippen molar-refractivity contribution < 1.29 is 0 Å². The zero-order valence-corrected chi connectivity index (χ0v) is 6.88. The molecule has 0 aromatic heterocycles. The summed E-state index contributed by atoms with van der Waals surface area (Å²) >= 11 is 0. The van der Waals surface area contributed by atoms with Gasteiger partial charge in [0.25, 0.3) is 0 Å². The van der Waals surface area contributed by atoms with E-state index in [-0.39, 0.29) is 6.04 Å². The maximum Gasteiger partial charge on any atom is 0.0300 e. The van der Waals surface area contributed by atoms with Crippen molar-refractivity contribution in [2.45, 2.75) is 18.9 Å². The lowest BCUT2D eigenvalue weighted by Gasteiger charge is -2.03. The van der Waals surface area contributed by atoms with Gasteiger partial charge in [0.1, 0.15) is 0 Å². The quantitative estimate of drug-likeness (QED) is 0.569. The molecule has 1 aliphatic carbocycles. The van der Waals surface area contributed by atoms with Gasteiger partial charge in [-0.1, -0.05) is 12.0 Å². The summed E-state index contributed by atoms with van der Waals surface area (Å²) in [5, 5.41) is 0. The molecule has 0 radical (unpaired) electrons. The second kappa shape index (κ2) is 2.66. The molecular weight excluding hydrogens is 146 g/mol. The molecule has 0 amide bonds. The number of hydrogen-bond acceptors (Lipinski definition) is 1. The van der Waals surface area contributed by atoms with Crippen molar-refractivity contribution in [3.63, 3.8) is 0 Å². The molecule has 1 aliphatic rings. The lowest BCUT2D eigenvalue weighted by molar-refractivity contribution is 0.713. The number of aryl methyl sites for hydroxylation is 1. The highest BCUT2D eigenvalue weighted by Crippen LogP contribution is 2.29. The Morgan fingerprint density at radius 1 is 1.50 bits per heavy atom. The van der Waals surface area contributed by atoms with Gasteiger partial charge >= 0.3 is 0 Å². The molecule has 0 bridgehead atoms. The summed E-state index contributed by atoms with van der Waals surface area (Å²) in [6.45, 7) is 0. The van der Waals surface area contributed by atoms with Crippen molar-refractivity contribution >= 4 is 0 Å². The molecule has 60 valence electrons. The van der Waals surface area contributed by atoms with Crippen LogP contribution in [0, 0.1) is 12.3 Å². The lowest BCUT2D eigenvalue weighted by atomic mass is 10.1. The molecule has 0 fully saturated rings. The molecule has 1 atom stereocenters. The number of rotatable bonds is 0. The van der Waals surface area contributed by atoms with E-state index in [2.05, 4.69) is 18.1 Å². The zero-order chi connectivity index (χ0) is 8.55. The van der Waals surface area contributed by atoms with Crippen molar-refractivity contribution in [2.24, 2.45) is 5.73 Å². The minimum atomic E-state index is 0.229. The van der Waals surface area contributed by atoms with Gasteiger partial charge in [0.15, 0.2) is 0 Å². The monoisotopic (exact) mass is 157 g/mol. The molecule has 1 aromatic carbocycles. The zero-order valence-electron chi connectivity index (χ0n) is 6.88. The third-order valence-electron chi connectivity index (χ3n) is 2.43. The SMILES string of the molecule is C#Cc1ccc2c(c1)CC[C@H]2N. The number of nitrogens with two attached hydrogens (primary N) is 1. The van der Waals surface area contributed by atoms with Crippen LogP contribution in [-0.4, -0.2) is 0 Å². The van der Waals surface area contributed by atoms with E-state index in [1.807, 2.05) is 6.07 Å². The highest BCUT2D eigenvalue weighted by Gasteiger charge is 2.18. The molecular formula is C11H11N. The molecule has 0 spiro atoms. The number of hydrogen-bond donors (Lipinski definition) is 1. The Labute approximate surface area is 72.6 Å². The smallest absolute Gasteiger partial charge is 0.0300 e. The van der Waals surface area contributed by atoms with Crippen LogP contribution in [0.1, 0.15) is 29.2 Å². The van der Waals surface area contributed by atoms with Gasteiger partial charge in [-0.25, -0.2) is 0 Å². The molecule has 0 saturated heterocycles. The molecule has 1 aromatic rings. The first kappa shape index (κ1) is 7.39. The first-order valence-electron chi connectivity index (χ1n) is 4.16. The van der Waals surface area contributed by atoms with Crippen molar-refractivity contribution in [3.8, 4) is 12.3 Å². The largest absolute Gasteiger partial charge is 0.324 e. The van der Waals surface area contributed by atoms with Crippen molar-refractivity contribution in [1.82, 2.24) is 0 Å². The van der Waals surface area contributed by atoms with E-state index >= 15 is 0 Å². The van der Waals surface area contributed by atoms with Crippen LogP contribution in [0.15, 0.2) is 18.2 Å². The minimum Gasteiger partial charge on any atom is -0.324 e. The van der Waals surface area contributed by atoms with Crippen molar-refractivity contribution in [2.75, 3.05) is 0 Å². The van der Waals surface area contributed by atoms with Crippen molar-refractivity contribution in [1.29, 1.82) is 0 Å². The summed E-state index contributed by atoms with van der Waals surface area (Å²) in [5.41, 5.74) is 9.45.